The Morgan fingerprint density at radius 1 is 0.541 bits per heavy atom. The molecule has 0 bridgehead atoms. The summed E-state index contributed by atoms with van der Waals surface area (Å²) < 4.78 is 11.6. The molecule has 0 spiro atoms. The van der Waals surface area contributed by atoms with Gasteiger partial charge in [0.1, 0.15) is 11.3 Å². The molecular formula is C56H40N4O. The Hall–Kier alpha value is -7.63. The summed E-state index contributed by atoms with van der Waals surface area (Å²) in [5, 5.41) is 14.6. The predicted molar refractivity (Wildman–Crippen MR) is 256 cm³/mol. The van der Waals surface area contributed by atoms with E-state index >= 15 is 0 Å². The highest BCUT2D eigenvalue weighted by Crippen LogP contribution is 2.47. The lowest BCUT2D eigenvalue weighted by Gasteiger charge is -2.28. The summed E-state index contributed by atoms with van der Waals surface area (Å²) in [7, 11) is 0. The summed E-state index contributed by atoms with van der Waals surface area (Å²) in [4.78, 5) is 5.72. The van der Waals surface area contributed by atoms with Crippen LogP contribution in [0.1, 0.15) is 31.5 Å². The van der Waals surface area contributed by atoms with E-state index in [2.05, 4.69) is 203 Å². The van der Waals surface area contributed by atoms with Gasteiger partial charge in [0.25, 0.3) is 0 Å². The SMILES string of the molecule is CC1CC=CC(n2c3ccccc3c3cc(C4=Nc5c(oc6ccc(-c7ccc8ccccc8c7)cc56)NC4n4c5ccccc5c5cc6ccccc6cc54)ccc32)=CC1. The largest absolute Gasteiger partial charge is 0.438 e. The van der Waals surface area contributed by atoms with Gasteiger partial charge in [0, 0.05) is 38.2 Å². The maximum Gasteiger partial charge on any atom is 0.222 e. The zero-order valence-electron chi connectivity index (χ0n) is 33.6. The minimum Gasteiger partial charge on any atom is -0.438 e. The molecule has 1 N–H and O–H groups in total. The summed E-state index contributed by atoms with van der Waals surface area (Å²) in [5.74, 6) is 1.29. The Kier molecular flexibility index (Phi) is 7.41. The maximum atomic E-state index is 6.73. The summed E-state index contributed by atoms with van der Waals surface area (Å²) in [6.45, 7) is 2.33. The smallest absolute Gasteiger partial charge is 0.222 e. The Morgan fingerprint density at radius 2 is 1.18 bits per heavy atom. The standard InChI is InChI=1S/C56H40N4O/c1-34-11-10-16-42(26-21-34)59-48-19-8-6-17-43(48)45-32-41(24-27-50(45)59)53-55(60-49-20-9-7-18-44(49)46-30-37-14-4-5-15-38(37)33-51(46)60)58-56-54(57-53)47-31-40(25-28-52(47)61-56)39-23-22-35-12-2-3-13-36(35)29-39/h2-10,12-20,22-34,55,58H,11,21H2,1H3. The summed E-state index contributed by atoms with van der Waals surface area (Å²) >= 11 is 0. The van der Waals surface area contributed by atoms with Crippen LogP contribution in [0.2, 0.25) is 0 Å². The van der Waals surface area contributed by atoms with E-state index in [9.17, 15) is 0 Å². The molecule has 0 radical (unpaired) electrons. The molecule has 8 aromatic carbocycles. The molecular weight excluding hydrogens is 745 g/mol. The minimum atomic E-state index is -0.378. The first-order valence-corrected chi connectivity index (χ1v) is 21.4. The Morgan fingerprint density at radius 3 is 2.03 bits per heavy atom. The second kappa shape index (κ2) is 13.2. The zero-order chi connectivity index (χ0) is 40.2. The molecule has 2 atom stereocenters. The van der Waals surface area contributed by atoms with Crippen molar-refractivity contribution in [3.05, 3.63) is 188 Å². The second-order valence-electron chi connectivity index (χ2n) is 16.9. The lowest BCUT2D eigenvalue weighted by Crippen LogP contribution is -2.29. The fraction of sp³-hybridized carbons (Fsp3) is 0.0893. The molecule has 13 rings (SSSR count). The number of allylic oxidation sites excluding steroid dienone is 4. The van der Waals surface area contributed by atoms with Crippen LogP contribution in [0.4, 0.5) is 11.6 Å². The topological polar surface area (TPSA) is 47.4 Å². The van der Waals surface area contributed by atoms with Crippen LogP contribution in [-0.4, -0.2) is 14.8 Å². The molecule has 1 aliphatic heterocycles. The van der Waals surface area contributed by atoms with Gasteiger partial charge < -0.3 is 18.9 Å². The van der Waals surface area contributed by atoms with Crippen LogP contribution in [0.3, 0.4) is 0 Å². The van der Waals surface area contributed by atoms with Crippen LogP contribution in [-0.2, 0) is 0 Å². The van der Waals surface area contributed by atoms with Crippen LogP contribution in [0.25, 0.3) is 92.9 Å². The van der Waals surface area contributed by atoms with Crippen molar-refractivity contribution in [2.75, 3.05) is 5.32 Å². The lowest BCUT2D eigenvalue weighted by molar-refractivity contribution is 0.604. The van der Waals surface area contributed by atoms with Crippen molar-refractivity contribution >= 4 is 99.1 Å². The minimum absolute atomic E-state index is 0.378. The highest BCUT2D eigenvalue weighted by atomic mass is 16.4. The Labute approximate surface area is 352 Å². The number of furan rings is 1. The van der Waals surface area contributed by atoms with Gasteiger partial charge in [-0.25, -0.2) is 4.99 Å². The van der Waals surface area contributed by atoms with Crippen LogP contribution < -0.4 is 5.32 Å². The van der Waals surface area contributed by atoms with Gasteiger partial charge in [-0.1, -0.05) is 128 Å². The fourth-order valence-corrected chi connectivity index (χ4v) is 10.1. The second-order valence-corrected chi connectivity index (χ2v) is 16.9. The van der Waals surface area contributed by atoms with Crippen LogP contribution in [0, 0.1) is 5.92 Å². The monoisotopic (exact) mass is 784 g/mol. The predicted octanol–water partition coefficient (Wildman–Crippen LogP) is 15.2. The van der Waals surface area contributed by atoms with Gasteiger partial charge in [0.15, 0.2) is 6.17 Å². The first kappa shape index (κ1) is 34.3. The molecule has 1 aliphatic carbocycles. The number of hydrogen-bond acceptors (Lipinski definition) is 3. The highest BCUT2D eigenvalue weighted by Gasteiger charge is 2.32. The molecule has 2 aliphatic rings. The number of anilines is 1. The summed E-state index contributed by atoms with van der Waals surface area (Å²) in [5.41, 5.74) is 11.8. The molecule has 290 valence electrons. The van der Waals surface area contributed by atoms with Gasteiger partial charge in [-0.15, -0.1) is 0 Å². The van der Waals surface area contributed by atoms with E-state index in [-0.39, 0.29) is 6.17 Å². The quantitative estimate of drug-likeness (QED) is 0.193. The first-order chi connectivity index (χ1) is 30.1. The van der Waals surface area contributed by atoms with Crippen LogP contribution >= 0.6 is 0 Å². The van der Waals surface area contributed by atoms with Crippen LogP contribution in [0.15, 0.2) is 191 Å². The number of aromatic nitrogens is 2. The van der Waals surface area contributed by atoms with Crippen molar-refractivity contribution in [2.24, 2.45) is 10.9 Å². The zero-order valence-corrected chi connectivity index (χ0v) is 33.6. The molecule has 0 amide bonds. The third kappa shape index (κ3) is 5.30. The number of fused-ring (bicyclic) bond motifs is 11. The summed E-state index contributed by atoms with van der Waals surface area (Å²) in [6, 6.07) is 59.5. The van der Waals surface area contributed by atoms with E-state index in [1.54, 1.807) is 0 Å². The van der Waals surface area contributed by atoms with Gasteiger partial charge in [0.05, 0.1) is 27.8 Å². The number of nitrogens with zero attached hydrogens (tertiary/aromatic N) is 3. The van der Waals surface area contributed by atoms with E-state index in [4.69, 9.17) is 9.41 Å². The van der Waals surface area contributed by atoms with E-state index in [0.717, 1.165) is 62.9 Å². The van der Waals surface area contributed by atoms with Crippen molar-refractivity contribution in [2.45, 2.75) is 25.9 Å². The van der Waals surface area contributed by atoms with Crippen LogP contribution in [0.5, 0.6) is 0 Å². The van der Waals surface area contributed by atoms with E-state index < -0.39 is 0 Å². The Bertz CT molecular complexity index is 3720. The molecule has 0 saturated carbocycles. The third-order valence-electron chi connectivity index (χ3n) is 13.1. The van der Waals surface area contributed by atoms with Gasteiger partial charge in [0.2, 0.25) is 5.88 Å². The van der Waals surface area contributed by atoms with Crippen molar-refractivity contribution in [1.82, 2.24) is 9.13 Å². The molecule has 5 nitrogen and oxygen atoms in total. The maximum absolute atomic E-state index is 6.73. The van der Waals surface area contributed by atoms with Crippen molar-refractivity contribution in [3.63, 3.8) is 0 Å². The van der Waals surface area contributed by atoms with E-state index in [0.29, 0.717) is 11.8 Å². The molecule has 2 unspecified atom stereocenters. The summed E-state index contributed by atoms with van der Waals surface area (Å²) in [6.07, 6.45) is 8.80. The number of benzene rings is 8. The number of para-hydroxylation sites is 2. The lowest BCUT2D eigenvalue weighted by atomic mass is 9.99. The molecule has 0 saturated heterocycles. The highest BCUT2D eigenvalue weighted by molar-refractivity contribution is 6.19. The van der Waals surface area contributed by atoms with Gasteiger partial charge in [-0.05, 0) is 112 Å². The average molecular weight is 785 g/mol. The molecule has 5 heteroatoms. The fourth-order valence-electron chi connectivity index (χ4n) is 10.1. The van der Waals surface area contributed by atoms with Gasteiger partial charge in [-0.3, -0.25) is 0 Å². The van der Waals surface area contributed by atoms with Crippen molar-refractivity contribution < 1.29 is 4.42 Å². The third-order valence-corrected chi connectivity index (χ3v) is 13.1. The number of hydrogen-bond donors (Lipinski definition) is 1. The van der Waals surface area contributed by atoms with Gasteiger partial charge >= 0.3 is 0 Å². The molecule has 4 heterocycles. The molecule has 61 heavy (non-hydrogen) atoms. The van der Waals surface area contributed by atoms with Crippen molar-refractivity contribution in [1.29, 1.82) is 0 Å². The molecule has 3 aromatic heterocycles. The molecule has 0 fully saturated rings. The van der Waals surface area contributed by atoms with Crippen molar-refractivity contribution in [3.8, 4) is 11.1 Å². The number of nitrogens with one attached hydrogen (secondary N) is 1. The number of rotatable bonds is 4. The average Bonchev–Trinajstić information content (AvgIpc) is 3.88. The Balaban J connectivity index is 1.06. The molecule has 11 aromatic rings. The first-order valence-electron chi connectivity index (χ1n) is 21.4. The number of aliphatic imine (C=N–C) groups is 1. The van der Waals surface area contributed by atoms with E-state index in [1.165, 1.54) is 59.8 Å². The normalized spacial score (nSPS) is 16.7. The van der Waals surface area contributed by atoms with Gasteiger partial charge in [-0.2, -0.15) is 0 Å². The van der Waals surface area contributed by atoms with E-state index in [1.807, 2.05) is 0 Å².